The number of carbonyl (C=O) groups is 1. The number of carbonyl (C=O) groups excluding carboxylic acids is 1. The first-order chi connectivity index (χ1) is 13.0. The van der Waals surface area contributed by atoms with E-state index in [9.17, 15) is 9.59 Å². The minimum atomic E-state index is -0.483. The molecule has 2 aromatic carbocycles. The highest BCUT2D eigenvalue weighted by Gasteiger charge is 2.10. The summed E-state index contributed by atoms with van der Waals surface area (Å²) >= 11 is 0. The second-order valence-electron chi connectivity index (χ2n) is 6.21. The molecular weight excluding hydrogens is 342 g/mol. The number of anilines is 2. The van der Waals surface area contributed by atoms with Gasteiger partial charge in [-0.3, -0.25) is 10.1 Å². The molecule has 3 rings (SSSR count). The number of aromatic amines is 1. The molecule has 7 heteroatoms. The largest absolute Gasteiger partial charge is 0.331 e. The minimum absolute atomic E-state index is 0.0742. The zero-order chi connectivity index (χ0) is 19.4. The van der Waals surface area contributed by atoms with Gasteiger partial charge in [0.05, 0.1) is 5.56 Å². The van der Waals surface area contributed by atoms with Crippen LogP contribution in [-0.2, 0) is 6.54 Å². The molecule has 0 saturated heterocycles. The molecule has 0 atom stereocenters. The molecular formula is C20H21N5O2. The molecule has 27 heavy (non-hydrogen) atoms. The maximum Gasteiger partial charge on any atom is 0.326 e. The summed E-state index contributed by atoms with van der Waals surface area (Å²) in [7, 11) is 0. The summed E-state index contributed by atoms with van der Waals surface area (Å²) in [6.45, 7) is 4.28. The third-order valence-corrected chi connectivity index (χ3v) is 4.30. The Balaban J connectivity index is 1.77. The quantitative estimate of drug-likeness (QED) is 0.570. The smallest absolute Gasteiger partial charge is 0.326 e. The molecule has 3 aromatic rings. The second kappa shape index (κ2) is 7.84. The number of urea groups is 1. The lowest BCUT2D eigenvalue weighted by atomic mass is 10.0. The number of nitrogens with one attached hydrogen (secondary N) is 3. The molecule has 7 nitrogen and oxygen atoms in total. The fraction of sp³-hybridized carbons (Fsp3) is 0.150. The zero-order valence-electron chi connectivity index (χ0n) is 15.2. The number of nitrogens with zero attached hydrogens (tertiary/aromatic N) is 1. The van der Waals surface area contributed by atoms with Crippen LogP contribution >= 0.6 is 0 Å². The molecule has 0 aliphatic carbocycles. The Labute approximate surface area is 156 Å². The molecule has 0 aliphatic heterocycles. The molecule has 0 bridgehead atoms. The average molecular weight is 363 g/mol. The molecule has 1 aromatic heterocycles. The maximum atomic E-state index is 12.4. The number of aromatic nitrogens is 2. The molecule has 0 saturated carbocycles. The van der Waals surface area contributed by atoms with E-state index in [0.717, 1.165) is 22.3 Å². The van der Waals surface area contributed by atoms with Gasteiger partial charge in [-0.15, -0.1) is 0 Å². The van der Waals surface area contributed by atoms with Crippen LogP contribution in [0, 0.1) is 13.8 Å². The Morgan fingerprint density at radius 1 is 1.11 bits per heavy atom. The lowest BCUT2D eigenvalue weighted by Crippen LogP contribution is -2.23. The topological polar surface area (TPSA) is 113 Å². The number of aryl methyl sites for hydroxylation is 2. The van der Waals surface area contributed by atoms with Crippen LogP contribution in [0.3, 0.4) is 0 Å². The lowest BCUT2D eigenvalue weighted by Gasteiger charge is -2.10. The fourth-order valence-electron chi connectivity index (χ4n) is 2.73. The van der Waals surface area contributed by atoms with Gasteiger partial charge in [0.15, 0.2) is 0 Å². The van der Waals surface area contributed by atoms with Crippen LogP contribution in [0.25, 0.3) is 11.1 Å². The molecule has 1 heterocycles. The third kappa shape index (κ3) is 4.21. The van der Waals surface area contributed by atoms with Crippen molar-refractivity contribution in [2.45, 2.75) is 20.4 Å². The van der Waals surface area contributed by atoms with Crippen molar-refractivity contribution in [2.24, 2.45) is 5.73 Å². The highest BCUT2D eigenvalue weighted by Crippen LogP contribution is 2.19. The summed E-state index contributed by atoms with van der Waals surface area (Å²) in [6.07, 6.45) is 1.54. The number of para-hydroxylation sites is 1. The van der Waals surface area contributed by atoms with E-state index >= 15 is 0 Å². The van der Waals surface area contributed by atoms with E-state index in [1.54, 1.807) is 6.07 Å². The Morgan fingerprint density at radius 2 is 1.89 bits per heavy atom. The standard InChI is InChI=1S/C20H21N5O2/c1-12-5-3-4-6-17(12)23-20(27)25-19-22-11-16(18(26)24-19)14-7-8-15(10-21)13(2)9-14/h3-9,11H,10,21H2,1-2H3,(H3,22,23,24,25,26,27). The van der Waals surface area contributed by atoms with E-state index in [2.05, 4.69) is 20.6 Å². The highest BCUT2D eigenvalue weighted by molar-refractivity contribution is 5.99. The van der Waals surface area contributed by atoms with Gasteiger partial charge in [-0.05, 0) is 42.2 Å². The molecule has 138 valence electrons. The first-order valence-corrected chi connectivity index (χ1v) is 8.51. The van der Waals surface area contributed by atoms with Crippen molar-refractivity contribution in [1.29, 1.82) is 0 Å². The maximum absolute atomic E-state index is 12.4. The van der Waals surface area contributed by atoms with E-state index in [0.29, 0.717) is 17.8 Å². The van der Waals surface area contributed by atoms with Crippen molar-refractivity contribution in [3.8, 4) is 11.1 Å². The zero-order valence-corrected chi connectivity index (χ0v) is 15.2. The first-order valence-electron chi connectivity index (χ1n) is 8.51. The summed E-state index contributed by atoms with van der Waals surface area (Å²) in [5, 5.41) is 5.25. The lowest BCUT2D eigenvalue weighted by molar-refractivity contribution is 0.262. The van der Waals surface area contributed by atoms with Crippen LogP contribution < -0.4 is 21.9 Å². The fourth-order valence-corrected chi connectivity index (χ4v) is 2.73. The Morgan fingerprint density at radius 3 is 2.56 bits per heavy atom. The van der Waals surface area contributed by atoms with Crippen molar-refractivity contribution < 1.29 is 4.79 Å². The van der Waals surface area contributed by atoms with Gasteiger partial charge in [-0.2, -0.15) is 4.98 Å². The molecule has 0 spiro atoms. The normalized spacial score (nSPS) is 10.5. The number of nitrogens with two attached hydrogens (primary N) is 1. The molecule has 0 unspecified atom stereocenters. The summed E-state index contributed by atoms with van der Waals surface area (Å²) in [5.74, 6) is 0.0742. The third-order valence-electron chi connectivity index (χ3n) is 4.30. The van der Waals surface area contributed by atoms with Gasteiger partial charge < -0.3 is 16.0 Å². The number of amides is 2. The molecule has 2 amide bonds. The molecule has 0 aliphatic rings. The van der Waals surface area contributed by atoms with E-state index in [-0.39, 0.29) is 5.95 Å². The molecule has 5 N–H and O–H groups in total. The van der Waals surface area contributed by atoms with E-state index in [4.69, 9.17) is 5.73 Å². The van der Waals surface area contributed by atoms with E-state index in [1.165, 1.54) is 6.20 Å². The Kier molecular flexibility index (Phi) is 5.33. The average Bonchev–Trinajstić information content (AvgIpc) is 2.63. The van der Waals surface area contributed by atoms with Crippen LogP contribution in [0.1, 0.15) is 16.7 Å². The summed E-state index contributed by atoms with van der Waals surface area (Å²) < 4.78 is 0. The predicted molar refractivity (Wildman–Crippen MR) is 107 cm³/mol. The van der Waals surface area contributed by atoms with E-state index in [1.807, 2.05) is 50.2 Å². The van der Waals surface area contributed by atoms with Crippen LogP contribution in [0.4, 0.5) is 16.4 Å². The van der Waals surface area contributed by atoms with Gasteiger partial charge >= 0.3 is 6.03 Å². The SMILES string of the molecule is Cc1cc(-c2c[nH]c(NC(=O)Nc3ccccc3C)nc2=O)ccc1CN. The van der Waals surface area contributed by atoms with Crippen molar-refractivity contribution in [3.63, 3.8) is 0 Å². The first kappa shape index (κ1) is 18.3. The predicted octanol–water partition coefficient (Wildman–Crippen LogP) is 3.16. The monoisotopic (exact) mass is 363 g/mol. The van der Waals surface area contributed by atoms with Crippen LogP contribution in [0.15, 0.2) is 53.5 Å². The van der Waals surface area contributed by atoms with Crippen LogP contribution in [0.5, 0.6) is 0 Å². The second-order valence-corrected chi connectivity index (χ2v) is 6.21. The van der Waals surface area contributed by atoms with Gasteiger partial charge in [-0.25, -0.2) is 4.79 Å². The van der Waals surface area contributed by atoms with E-state index < -0.39 is 11.6 Å². The Bertz CT molecular complexity index is 1040. The number of rotatable bonds is 4. The summed E-state index contributed by atoms with van der Waals surface area (Å²) in [5.41, 5.74) is 10.1. The van der Waals surface area contributed by atoms with Gasteiger partial charge in [-0.1, -0.05) is 36.4 Å². The van der Waals surface area contributed by atoms with Crippen molar-refractivity contribution in [2.75, 3.05) is 10.6 Å². The summed E-state index contributed by atoms with van der Waals surface area (Å²) in [4.78, 5) is 31.3. The van der Waals surface area contributed by atoms with Crippen LogP contribution in [0.2, 0.25) is 0 Å². The molecule has 0 radical (unpaired) electrons. The highest BCUT2D eigenvalue weighted by atomic mass is 16.2. The number of hydrogen-bond acceptors (Lipinski definition) is 4. The summed E-state index contributed by atoms with van der Waals surface area (Å²) in [6, 6.07) is 12.5. The van der Waals surface area contributed by atoms with Gasteiger partial charge in [0.25, 0.3) is 5.56 Å². The molecule has 0 fully saturated rings. The number of hydrogen-bond donors (Lipinski definition) is 4. The van der Waals surface area contributed by atoms with Gasteiger partial charge in [0.1, 0.15) is 0 Å². The van der Waals surface area contributed by atoms with Gasteiger partial charge in [0, 0.05) is 18.4 Å². The van der Waals surface area contributed by atoms with Crippen molar-refractivity contribution >= 4 is 17.7 Å². The number of H-pyrrole nitrogens is 1. The van der Waals surface area contributed by atoms with Crippen molar-refractivity contribution in [3.05, 3.63) is 75.7 Å². The van der Waals surface area contributed by atoms with Crippen LogP contribution in [-0.4, -0.2) is 16.0 Å². The van der Waals surface area contributed by atoms with Crippen molar-refractivity contribution in [1.82, 2.24) is 9.97 Å². The van der Waals surface area contributed by atoms with Gasteiger partial charge in [0.2, 0.25) is 5.95 Å². The minimum Gasteiger partial charge on any atom is -0.331 e. The Hall–Kier alpha value is -3.45. The number of benzene rings is 2.